The van der Waals surface area contributed by atoms with Gasteiger partial charge in [-0.05, 0) is 55.7 Å². The Balaban J connectivity index is 0.805. The van der Waals surface area contributed by atoms with Gasteiger partial charge in [-0.15, -0.1) is 0 Å². The Morgan fingerprint density at radius 2 is 1.62 bits per heavy atom. The molecule has 4 aliphatic heterocycles. The normalized spacial score (nSPS) is 18.4. The number of nitrogens with one attached hydrogen (secondary N) is 3. The number of para-hydroxylation sites is 1. The highest BCUT2D eigenvalue weighted by Crippen LogP contribution is 2.47. The number of fused-ring (bicyclic) bond motifs is 1. The van der Waals surface area contributed by atoms with E-state index in [1.165, 1.54) is 26.5 Å². The largest absolute Gasteiger partial charge is 0.494 e. The lowest BCUT2D eigenvalue weighted by Gasteiger charge is -2.43. The number of benzene rings is 3. The number of hydrogen-bond acceptors (Lipinski definition) is 16. The fraction of sp³-hybridized carbons (Fsp3) is 0.386. The van der Waals surface area contributed by atoms with Gasteiger partial charge in [0.2, 0.25) is 23.7 Å². The van der Waals surface area contributed by atoms with Crippen molar-refractivity contribution in [2.24, 2.45) is 0 Å². The number of anilines is 5. The smallest absolute Gasteiger partial charge is 0.362 e. The number of piperazine rings is 1. The van der Waals surface area contributed by atoms with Crippen LogP contribution in [0.15, 0.2) is 66.9 Å². The van der Waals surface area contributed by atoms with Crippen molar-refractivity contribution in [3.05, 3.63) is 83.0 Å². The van der Waals surface area contributed by atoms with Gasteiger partial charge in [0.15, 0.2) is 5.82 Å². The average molecular weight is 930 g/mol. The summed E-state index contributed by atoms with van der Waals surface area (Å²) in [4.78, 5) is 80.4. The molecule has 1 aromatic heterocycles. The van der Waals surface area contributed by atoms with Crippen LogP contribution in [0.3, 0.4) is 0 Å². The third-order valence-corrected chi connectivity index (χ3v) is 14.3. The van der Waals surface area contributed by atoms with Gasteiger partial charge in [-0.1, -0.05) is 29.8 Å². The summed E-state index contributed by atoms with van der Waals surface area (Å²) < 4.78 is 35.3. The van der Waals surface area contributed by atoms with E-state index in [0.29, 0.717) is 41.6 Å². The van der Waals surface area contributed by atoms with E-state index in [9.17, 15) is 28.5 Å². The third kappa shape index (κ3) is 9.51. The Morgan fingerprint density at radius 1 is 0.862 bits per heavy atom. The Bertz CT molecular complexity index is 2540. The van der Waals surface area contributed by atoms with E-state index in [4.69, 9.17) is 30.1 Å². The van der Waals surface area contributed by atoms with E-state index in [-0.39, 0.29) is 65.4 Å². The highest BCUT2D eigenvalue weighted by Gasteiger charge is 2.46. The average Bonchev–Trinajstić information content (AvgIpc) is 3.58. The summed E-state index contributed by atoms with van der Waals surface area (Å²) in [5.41, 5.74) is 2.29. The van der Waals surface area contributed by atoms with Crippen LogP contribution in [0.4, 0.5) is 28.8 Å². The molecular formula is C44H49ClN9O10P. The number of hydrogen-bond donors (Lipinski definition) is 3. The summed E-state index contributed by atoms with van der Waals surface area (Å²) in [5, 5.41) is 9.13. The molecule has 4 aliphatic rings. The van der Waals surface area contributed by atoms with Crippen LogP contribution in [0.25, 0.3) is 0 Å². The lowest BCUT2D eigenvalue weighted by molar-refractivity contribution is -0.136. The van der Waals surface area contributed by atoms with Crippen LogP contribution < -0.4 is 35.6 Å². The van der Waals surface area contributed by atoms with E-state index in [0.717, 1.165) is 49.6 Å². The number of methoxy groups -OCH3 is 1. The summed E-state index contributed by atoms with van der Waals surface area (Å²) in [6, 6.07) is 16.8. The molecular weight excluding hydrogens is 881 g/mol. The first-order chi connectivity index (χ1) is 31.4. The number of carbonyl (C=O) groups is 5. The molecule has 3 saturated heterocycles. The van der Waals surface area contributed by atoms with Crippen molar-refractivity contribution in [3.8, 4) is 11.5 Å². The number of rotatable bonds is 15. The second-order valence-electron chi connectivity index (χ2n) is 15.8. The molecule has 65 heavy (non-hydrogen) atoms. The molecule has 1 unspecified atom stereocenters. The van der Waals surface area contributed by atoms with Gasteiger partial charge in [-0.25, -0.2) is 4.98 Å². The number of amides is 5. The molecule has 0 bridgehead atoms. The Kier molecular flexibility index (Phi) is 13.7. The minimum absolute atomic E-state index is 0.00945. The summed E-state index contributed by atoms with van der Waals surface area (Å²) in [6.45, 7) is 4.38. The Morgan fingerprint density at radius 3 is 2.34 bits per heavy atom. The zero-order chi connectivity index (χ0) is 45.8. The zero-order valence-corrected chi connectivity index (χ0v) is 37.7. The minimum atomic E-state index is -3.58. The predicted molar refractivity (Wildman–Crippen MR) is 241 cm³/mol. The lowest BCUT2D eigenvalue weighted by atomic mass is 10.0. The first-order valence-electron chi connectivity index (χ1n) is 21.2. The van der Waals surface area contributed by atoms with Crippen LogP contribution in [0, 0.1) is 0 Å². The number of halogens is 1. The second kappa shape index (κ2) is 19.6. The van der Waals surface area contributed by atoms with Crippen LogP contribution in [-0.2, 0) is 28.0 Å². The summed E-state index contributed by atoms with van der Waals surface area (Å²) in [7, 11) is 0.655. The molecule has 1 atom stereocenters. The minimum Gasteiger partial charge on any atom is -0.494 e. The number of piperidine rings is 2. The monoisotopic (exact) mass is 929 g/mol. The van der Waals surface area contributed by atoms with Crippen molar-refractivity contribution in [1.82, 2.24) is 30.0 Å². The van der Waals surface area contributed by atoms with Gasteiger partial charge in [0.05, 0.1) is 54.1 Å². The number of aromatic nitrogens is 2. The van der Waals surface area contributed by atoms with Crippen LogP contribution in [0.5, 0.6) is 11.5 Å². The molecule has 5 heterocycles. The van der Waals surface area contributed by atoms with Crippen molar-refractivity contribution in [3.63, 3.8) is 0 Å². The molecule has 3 aromatic carbocycles. The molecule has 0 radical (unpaired) electrons. The van der Waals surface area contributed by atoms with Crippen LogP contribution in [0.1, 0.15) is 52.8 Å². The van der Waals surface area contributed by atoms with Gasteiger partial charge in [0.1, 0.15) is 22.6 Å². The second-order valence-corrected chi connectivity index (χ2v) is 18.4. The number of carbonyl (C=O) groups excluding carboxylic acids is 5. The van der Waals surface area contributed by atoms with Crippen molar-refractivity contribution in [1.29, 1.82) is 0 Å². The number of nitrogens with zero attached hydrogens (tertiary/aromatic N) is 6. The van der Waals surface area contributed by atoms with Gasteiger partial charge in [-0.2, -0.15) is 4.98 Å². The Labute approximate surface area is 380 Å². The van der Waals surface area contributed by atoms with Gasteiger partial charge in [-0.3, -0.25) is 43.7 Å². The quantitative estimate of drug-likeness (QED) is 0.109. The summed E-state index contributed by atoms with van der Waals surface area (Å²) in [6.07, 6.45) is 3.54. The molecule has 3 fully saturated rings. The molecule has 4 aromatic rings. The SMILES string of the molecule is COc1cc(N2CCC(N3CCN(C(=O)CCOc4cccc5c4C(=O)N(C4CCC(=O)NC4=O)C5=O)CC3)CC2)ccc1Nc1ncc(Cl)c(Nc2ccccc2P(=O)(OC)OC)n1. The maximum atomic E-state index is 13.4. The third-order valence-electron chi connectivity index (χ3n) is 12.1. The van der Waals surface area contributed by atoms with E-state index >= 15 is 0 Å². The van der Waals surface area contributed by atoms with Gasteiger partial charge < -0.3 is 39.0 Å². The maximum Gasteiger partial charge on any atom is 0.362 e. The van der Waals surface area contributed by atoms with Crippen molar-refractivity contribution in [2.45, 2.75) is 44.2 Å². The summed E-state index contributed by atoms with van der Waals surface area (Å²) in [5.74, 6) is -1.16. The molecule has 19 nitrogen and oxygen atoms in total. The van der Waals surface area contributed by atoms with Crippen molar-refractivity contribution < 1.29 is 47.1 Å². The highest BCUT2D eigenvalue weighted by atomic mass is 35.5. The molecule has 342 valence electrons. The Hall–Kier alpha value is -6.11. The van der Waals surface area contributed by atoms with E-state index in [1.54, 1.807) is 43.5 Å². The number of ether oxygens (including phenoxy) is 2. The highest BCUT2D eigenvalue weighted by molar-refractivity contribution is 7.62. The molecule has 21 heteroatoms. The predicted octanol–water partition coefficient (Wildman–Crippen LogP) is 4.72. The molecule has 5 amide bonds. The fourth-order valence-corrected chi connectivity index (χ4v) is 10.0. The van der Waals surface area contributed by atoms with Crippen LogP contribution in [0.2, 0.25) is 5.02 Å². The molecule has 8 rings (SSSR count). The van der Waals surface area contributed by atoms with Crippen LogP contribution in [-0.4, -0.2) is 133 Å². The van der Waals surface area contributed by atoms with Crippen LogP contribution >= 0.6 is 19.2 Å². The van der Waals surface area contributed by atoms with Crippen molar-refractivity contribution >= 4 is 82.9 Å². The molecule has 3 N–H and O–H groups in total. The first kappa shape index (κ1) is 45.5. The van der Waals surface area contributed by atoms with E-state index in [1.807, 2.05) is 23.1 Å². The van der Waals surface area contributed by atoms with Gasteiger partial charge in [0.25, 0.3) is 11.8 Å². The number of imide groups is 2. The molecule has 0 saturated carbocycles. The fourth-order valence-electron chi connectivity index (χ4n) is 8.67. The van der Waals surface area contributed by atoms with E-state index < -0.39 is 37.3 Å². The van der Waals surface area contributed by atoms with Gasteiger partial charge >= 0.3 is 7.60 Å². The molecule has 0 aliphatic carbocycles. The maximum absolute atomic E-state index is 13.4. The van der Waals surface area contributed by atoms with Gasteiger partial charge in [0, 0.05) is 77.7 Å². The zero-order valence-electron chi connectivity index (χ0n) is 36.1. The summed E-state index contributed by atoms with van der Waals surface area (Å²) >= 11 is 6.48. The van der Waals surface area contributed by atoms with Crippen molar-refractivity contribution in [2.75, 3.05) is 82.7 Å². The van der Waals surface area contributed by atoms with E-state index in [2.05, 4.69) is 35.7 Å². The lowest BCUT2D eigenvalue weighted by Crippen LogP contribution is -2.54. The topological polar surface area (TPSA) is 214 Å². The molecule has 0 spiro atoms. The standard InChI is InChI=1S/C44H49ClN9O10P/c1-61-35-25-28(11-12-31(35)48-44-46-26-30(45)40(50-44)47-32-8-4-5-10-36(32)65(60,62-2)63-3)51-18-15-27(16-19-51)52-20-22-53(23-21-52)38(56)17-24-64-34-9-6-7-29-39(34)43(59)54(42(29)58)33-13-14-37(55)49-41(33)57/h4-12,25-27,33H,13-24H2,1-3H3,(H,49,55,57)(H2,46,47,48,50). The first-order valence-corrected chi connectivity index (χ1v) is 23.1.